The first-order chi connectivity index (χ1) is 11.5. The van der Waals surface area contributed by atoms with Gasteiger partial charge in [-0.2, -0.15) is 5.10 Å². The van der Waals surface area contributed by atoms with E-state index in [-0.39, 0.29) is 18.0 Å². The molecule has 0 saturated carbocycles. The summed E-state index contributed by atoms with van der Waals surface area (Å²) in [6.45, 7) is 5.47. The van der Waals surface area contributed by atoms with Gasteiger partial charge in [-0.05, 0) is 32.8 Å². The molecule has 1 fully saturated rings. The highest BCUT2D eigenvalue weighted by Gasteiger charge is 2.18. The summed E-state index contributed by atoms with van der Waals surface area (Å²) < 4.78 is 1.11. The van der Waals surface area contributed by atoms with Gasteiger partial charge in [0.05, 0.1) is 17.1 Å². The van der Waals surface area contributed by atoms with Crippen LogP contribution in [0, 0.1) is 13.8 Å². The second-order valence-electron chi connectivity index (χ2n) is 5.83. The summed E-state index contributed by atoms with van der Waals surface area (Å²) in [7, 11) is 0. The summed E-state index contributed by atoms with van der Waals surface area (Å²) in [4.78, 5) is 35.0. The number of nitrogens with one attached hydrogen (secondary N) is 1. The highest BCUT2D eigenvalue weighted by Crippen LogP contribution is 2.22. The van der Waals surface area contributed by atoms with Crippen molar-refractivity contribution in [1.82, 2.24) is 19.7 Å². The Bertz CT molecular complexity index is 787. The van der Waals surface area contributed by atoms with E-state index in [1.54, 1.807) is 0 Å². The van der Waals surface area contributed by atoms with Gasteiger partial charge in [0.15, 0.2) is 0 Å². The van der Waals surface area contributed by atoms with Gasteiger partial charge in [0.1, 0.15) is 6.54 Å². The lowest BCUT2D eigenvalue weighted by Crippen LogP contribution is -2.29. The van der Waals surface area contributed by atoms with E-state index >= 15 is 0 Å². The number of anilines is 2. The maximum Gasteiger partial charge on any atom is 0.267 e. The van der Waals surface area contributed by atoms with Gasteiger partial charge in [-0.1, -0.05) is 0 Å². The fourth-order valence-electron chi connectivity index (χ4n) is 2.76. The van der Waals surface area contributed by atoms with Crippen molar-refractivity contribution >= 4 is 17.5 Å². The Morgan fingerprint density at radius 1 is 1.21 bits per heavy atom. The zero-order chi connectivity index (χ0) is 17.1. The van der Waals surface area contributed by atoms with Gasteiger partial charge < -0.3 is 10.2 Å². The molecule has 2 aromatic heterocycles. The first-order valence-electron chi connectivity index (χ1n) is 7.97. The van der Waals surface area contributed by atoms with Gasteiger partial charge >= 0.3 is 0 Å². The minimum Gasteiger partial charge on any atom is -0.341 e. The molecule has 3 rings (SSSR count). The molecule has 8 heteroatoms. The highest BCUT2D eigenvalue weighted by molar-refractivity contribution is 5.91. The molecule has 126 valence electrons. The predicted octanol–water partition coefficient (Wildman–Crippen LogP) is 0.889. The molecule has 0 spiro atoms. The van der Waals surface area contributed by atoms with Gasteiger partial charge in [-0.25, -0.2) is 14.6 Å². The third-order valence-corrected chi connectivity index (χ3v) is 3.99. The molecule has 0 aliphatic carbocycles. The molecule has 1 amide bonds. The lowest BCUT2D eigenvalue weighted by molar-refractivity contribution is -0.117. The standard InChI is InChI=1S/C16H20N6O2/c1-11-15(12(2)19-16(18-11)21-8-3-4-9-21)20-13(23)10-22-14(24)6-5-7-17-22/h5-7H,3-4,8-10H2,1-2H3,(H,20,23). The van der Waals surface area contributed by atoms with Gasteiger partial charge in [-0.15, -0.1) is 0 Å². The number of rotatable bonds is 4. The second-order valence-corrected chi connectivity index (χ2v) is 5.83. The van der Waals surface area contributed by atoms with E-state index in [4.69, 9.17) is 0 Å². The first-order valence-corrected chi connectivity index (χ1v) is 7.97. The van der Waals surface area contributed by atoms with E-state index in [2.05, 4.69) is 25.3 Å². The Balaban J connectivity index is 1.76. The summed E-state index contributed by atoms with van der Waals surface area (Å²) in [5.74, 6) is 0.376. The lowest BCUT2D eigenvalue weighted by atomic mass is 10.2. The van der Waals surface area contributed by atoms with Crippen LogP contribution in [-0.2, 0) is 11.3 Å². The fraction of sp³-hybridized carbons (Fsp3) is 0.438. The van der Waals surface area contributed by atoms with Crippen molar-refractivity contribution in [3.05, 3.63) is 40.1 Å². The van der Waals surface area contributed by atoms with E-state index in [1.807, 2.05) is 13.8 Å². The number of hydrogen-bond acceptors (Lipinski definition) is 6. The normalized spacial score (nSPS) is 14.0. The van der Waals surface area contributed by atoms with E-state index in [1.165, 1.54) is 18.3 Å². The number of carbonyl (C=O) groups excluding carboxylic acids is 1. The Hall–Kier alpha value is -2.77. The minimum absolute atomic E-state index is 0.146. The van der Waals surface area contributed by atoms with Gasteiger partial charge in [0, 0.05) is 25.4 Å². The van der Waals surface area contributed by atoms with Gasteiger partial charge in [0.25, 0.3) is 5.56 Å². The van der Waals surface area contributed by atoms with Crippen molar-refractivity contribution in [3.63, 3.8) is 0 Å². The number of aromatic nitrogens is 4. The first kappa shape index (κ1) is 16.1. The molecule has 0 atom stereocenters. The minimum atomic E-state index is -0.334. The second kappa shape index (κ2) is 6.77. The van der Waals surface area contributed by atoms with Crippen LogP contribution in [0.3, 0.4) is 0 Å². The molecule has 0 radical (unpaired) electrons. The molecule has 1 N–H and O–H groups in total. The summed E-state index contributed by atoms with van der Waals surface area (Å²) in [5, 5.41) is 6.67. The van der Waals surface area contributed by atoms with Gasteiger partial charge in [-0.3, -0.25) is 9.59 Å². The Kier molecular flexibility index (Phi) is 4.54. The molecule has 1 aliphatic rings. The average molecular weight is 328 g/mol. The Morgan fingerprint density at radius 2 is 1.88 bits per heavy atom. The highest BCUT2D eigenvalue weighted by atomic mass is 16.2. The van der Waals surface area contributed by atoms with Crippen LogP contribution in [-0.4, -0.2) is 38.7 Å². The fourth-order valence-corrected chi connectivity index (χ4v) is 2.76. The van der Waals surface area contributed by atoms with Crippen molar-refractivity contribution < 1.29 is 4.79 Å². The number of nitrogens with zero attached hydrogens (tertiary/aromatic N) is 5. The molecule has 8 nitrogen and oxygen atoms in total. The van der Waals surface area contributed by atoms with Crippen molar-refractivity contribution in [2.45, 2.75) is 33.2 Å². The molecule has 1 aliphatic heterocycles. The molecular weight excluding hydrogens is 308 g/mol. The van der Waals surface area contributed by atoms with Crippen LogP contribution in [0.1, 0.15) is 24.2 Å². The Morgan fingerprint density at radius 3 is 2.50 bits per heavy atom. The maximum atomic E-state index is 12.2. The topological polar surface area (TPSA) is 93.0 Å². The predicted molar refractivity (Wildman–Crippen MR) is 90.1 cm³/mol. The maximum absolute atomic E-state index is 12.2. The average Bonchev–Trinajstić information content (AvgIpc) is 3.07. The molecule has 1 saturated heterocycles. The van der Waals surface area contributed by atoms with Crippen LogP contribution in [0.4, 0.5) is 11.6 Å². The molecule has 0 bridgehead atoms. The third-order valence-electron chi connectivity index (χ3n) is 3.99. The van der Waals surface area contributed by atoms with E-state index in [0.29, 0.717) is 23.0 Å². The zero-order valence-corrected chi connectivity index (χ0v) is 13.8. The molecule has 2 aromatic rings. The van der Waals surface area contributed by atoms with E-state index in [0.717, 1.165) is 30.6 Å². The summed E-state index contributed by atoms with van der Waals surface area (Å²) >= 11 is 0. The quantitative estimate of drug-likeness (QED) is 0.896. The van der Waals surface area contributed by atoms with Crippen molar-refractivity contribution in [3.8, 4) is 0 Å². The number of carbonyl (C=O) groups is 1. The summed E-state index contributed by atoms with van der Waals surface area (Å²) in [5.41, 5.74) is 1.70. The molecule has 0 aromatic carbocycles. The molecule has 3 heterocycles. The van der Waals surface area contributed by atoms with E-state index < -0.39 is 0 Å². The third kappa shape index (κ3) is 3.42. The smallest absolute Gasteiger partial charge is 0.267 e. The van der Waals surface area contributed by atoms with Crippen molar-refractivity contribution in [1.29, 1.82) is 0 Å². The number of hydrogen-bond donors (Lipinski definition) is 1. The molecular formula is C16H20N6O2. The van der Waals surface area contributed by atoms with Crippen molar-refractivity contribution in [2.24, 2.45) is 0 Å². The monoisotopic (exact) mass is 328 g/mol. The number of aryl methyl sites for hydroxylation is 2. The SMILES string of the molecule is Cc1nc(N2CCCC2)nc(C)c1NC(=O)Cn1ncccc1=O. The van der Waals surface area contributed by atoms with Crippen molar-refractivity contribution in [2.75, 3.05) is 23.3 Å². The molecule has 0 unspecified atom stereocenters. The van der Waals surface area contributed by atoms with Crippen LogP contribution < -0.4 is 15.8 Å². The zero-order valence-electron chi connectivity index (χ0n) is 13.8. The van der Waals surface area contributed by atoms with Crippen LogP contribution in [0.2, 0.25) is 0 Å². The largest absolute Gasteiger partial charge is 0.341 e. The number of amides is 1. The van der Waals surface area contributed by atoms with Crippen LogP contribution in [0.5, 0.6) is 0 Å². The Labute approximate surface area is 139 Å². The van der Waals surface area contributed by atoms with Crippen LogP contribution in [0.15, 0.2) is 23.1 Å². The molecule has 24 heavy (non-hydrogen) atoms. The van der Waals surface area contributed by atoms with Gasteiger partial charge in [0.2, 0.25) is 11.9 Å². The summed E-state index contributed by atoms with van der Waals surface area (Å²) in [6, 6.07) is 2.90. The van der Waals surface area contributed by atoms with Crippen LogP contribution >= 0.6 is 0 Å². The lowest BCUT2D eigenvalue weighted by Gasteiger charge is -2.18. The van der Waals surface area contributed by atoms with Crippen LogP contribution in [0.25, 0.3) is 0 Å². The summed E-state index contributed by atoms with van der Waals surface area (Å²) in [6.07, 6.45) is 3.77. The van der Waals surface area contributed by atoms with E-state index in [9.17, 15) is 9.59 Å².